The van der Waals surface area contributed by atoms with Gasteiger partial charge in [0, 0.05) is 20.7 Å². The second kappa shape index (κ2) is 9.06. The van der Waals surface area contributed by atoms with Crippen molar-refractivity contribution in [3.05, 3.63) is 149 Å². The van der Waals surface area contributed by atoms with Gasteiger partial charge in [-0.1, -0.05) is 127 Å². The Hall–Kier alpha value is -4.40. The van der Waals surface area contributed by atoms with E-state index in [0.29, 0.717) is 0 Å². The van der Waals surface area contributed by atoms with Crippen LogP contribution >= 0.6 is 15.9 Å². The molecule has 0 saturated carbocycles. The summed E-state index contributed by atoms with van der Waals surface area (Å²) in [5.74, 6) is 0. The van der Waals surface area contributed by atoms with E-state index in [-0.39, 0.29) is 5.41 Å². The second-order valence-corrected chi connectivity index (χ2v) is 12.5. The molecule has 1 nitrogen and oxygen atoms in total. The van der Waals surface area contributed by atoms with Crippen molar-refractivity contribution < 1.29 is 0 Å². The molecule has 0 bridgehead atoms. The minimum atomic E-state index is -0.101. The van der Waals surface area contributed by atoms with Crippen LogP contribution in [0.4, 0.5) is 0 Å². The summed E-state index contributed by atoms with van der Waals surface area (Å²) in [7, 11) is 0. The number of para-hydroxylation sites is 1. The number of halogens is 1. The molecule has 7 aromatic rings. The van der Waals surface area contributed by atoms with E-state index in [2.05, 4.69) is 168 Å². The van der Waals surface area contributed by atoms with Gasteiger partial charge in [0.25, 0.3) is 0 Å². The highest BCUT2D eigenvalue weighted by Crippen LogP contribution is 2.51. The summed E-state index contributed by atoms with van der Waals surface area (Å²) in [5.41, 5.74) is 14.0. The number of nitrogens with zero attached hydrogens (tertiary/aromatic N) is 1. The monoisotopic (exact) mass is 589 g/mol. The third-order valence-corrected chi connectivity index (χ3v) is 9.32. The molecular formula is C39H28BrN. The Kier molecular flexibility index (Phi) is 5.39. The van der Waals surface area contributed by atoms with E-state index in [4.69, 9.17) is 0 Å². The first-order valence-corrected chi connectivity index (χ1v) is 14.9. The third kappa shape index (κ3) is 3.67. The summed E-state index contributed by atoms with van der Waals surface area (Å²) in [5, 5.41) is 2.56. The molecule has 0 fully saturated rings. The van der Waals surface area contributed by atoms with Crippen LogP contribution < -0.4 is 0 Å². The molecule has 0 N–H and O–H groups in total. The van der Waals surface area contributed by atoms with Crippen molar-refractivity contribution in [1.29, 1.82) is 0 Å². The van der Waals surface area contributed by atoms with Crippen molar-refractivity contribution in [1.82, 2.24) is 4.57 Å². The molecule has 0 radical (unpaired) electrons. The van der Waals surface area contributed by atoms with Crippen LogP contribution in [0.25, 0.3) is 60.9 Å². The second-order valence-electron chi connectivity index (χ2n) is 11.5. The number of aromatic nitrogens is 1. The largest absolute Gasteiger partial charge is 0.309 e. The van der Waals surface area contributed by atoms with Gasteiger partial charge in [0.2, 0.25) is 0 Å². The first-order valence-electron chi connectivity index (χ1n) is 14.1. The predicted molar refractivity (Wildman–Crippen MR) is 177 cm³/mol. The average Bonchev–Trinajstić information content (AvgIpc) is 3.46. The van der Waals surface area contributed by atoms with Gasteiger partial charge in [-0.05, 0) is 80.9 Å². The molecule has 8 rings (SSSR count). The van der Waals surface area contributed by atoms with E-state index in [1.54, 1.807) is 0 Å². The first-order chi connectivity index (χ1) is 20.0. The Morgan fingerprint density at radius 3 is 1.98 bits per heavy atom. The fourth-order valence-electron chi connectivity index (χ4n) is 6.96. The SMILES string of the molecule is CC1(C)c2ccccc2-c2cccc(-n3c4ccccc4c4ccc(-c5cccc(-c6cccc(Br)c6)c5)cc43)c21. The normalized spacial score (nSPS) is 13.4. The van der Waals surface area contributed by atoms with Crippen molar-refractivity contribution in [2.45, 2.75) is 19.3 Å². The van der Waals surface area contributed by atoms with Crippen molar-refractivity contribution in [3.63, 3.8) is 0 Å². The Labute approximate surface area is 248 Å². The van der Waals surface area contributed by atoms with Gasteiger partial charge in [-0.3, -0.25) is 0 Å². The highest BCUT2D eigenvalue weighted by molar-refractivity contribution is 9.10. The molecule has 1 aliphatic carbocycles. The molecule has 0 atom stereocenters. The fraction of sp³-hybridized carbons (Fsp3) is 0.0769. The zero-order valence-corrected chi connectivity index (χ0v) is 24.6. The highest BCUT2D eigenvalue weighted by atomic mass is 79.9. The molecule has 1 aromatic heterocycles. The van der Waals surface area contributed by atoms with E-state index in [1.807, 2.05) is 0 Å². The van der Waals surface area contributed by atoms with E-state index in [0.717, 1.165) is 4.47 Å². The molecule has 2 heteroatoms. The van der Waals surface area contributed by atoms with E-state index in [9.17, 15) is 0 Å². The van der Waals surface area contributed by atoms with Crippen molar-refractivity contribution in [2.24, 2.45) is 0 Å². The molecule has 196 valence electrons. The minimum absolute atomic E-state index is 0.101. The molecule has 0 saturated heterocycles. The molecule has 41 heavy (non-hydrogen) atoms. The number of hydrogen-bond acceptors (Lipinski definition) is 0. The van der Waals surface area contributed by atoms with Gasteiger partial charge < -0.3 is 4.57 Å². The van der Waals surface area contributed by atoms with Gasteiger partial charge in [0.05, 0.1) is 16.7 Å². The van der Waals surface area contributed by atoms with E-state index >= 15 is 0 Å². The van der Waals surface area contributed by atoms with Crippen LogP contribution in [0.2, 0.25) is 0 Å². The van der Waals surface area contributed by atoms with Gasteiger partial charge >= 0.3 is 0 Å². The van der Waals surface area contributed by atoms with Crippen LogP contribution in [0.1, 0.15) is 25.0 Å². The highest BCUT2D eigenvalue weighted by Gasteiger charge is 2.37. The summed E-state index contributed by atoms with van der Waals surface area (Å²) < 4.78 is 3.59. The van der Waals surface area contributed by atoms with Crippen molar-refractivity contribution in [3.8, 4) is 39.1 Å². The molecular weight excluding hydrogens is 562 g/mol. The Morgan fingerprint density at radius 2 is 1.15 bits per heavy atom. The van der Waals surface area contributed by atoms with Crippen LogP contribution in [0.3, 0.4) is 0 Å². The van der Waals surface area contributed by atoms with Crippen LogP contribution in [-0.4, -0.2) is 4.57 Å². The lowest BCUT2D eigenvalue weighted by molar-refractivity contribution is 0.656. The van der Waals surface area contributed by atoms with Crippen LogP contribution in [0.5, 0.6) is 0 Å². The Morgan fingerprint density at radius 1 is 0.512 bits per heavy atom. The number of hydrogen-bond donors (Lipinski definition) is 0. The lowest BCUT2D eigenvalue weighted by Gasteiger charge is -2.25. The number of rotatable bonds is 3. The third-order valence-electron chi connectivity index (χ3n) is 8.83. The molecule has 0 aliphatic heterocycles. The first kappa shape index (κ1) is 24.4. The predicted octanol–water partition coefficient (Wildman–Crippen LogP) is 11.2. The zero-order chi connectivity index (χ0) is 27.7. The lowest BCUT2D eigenvalue weighted by atomic mass is 9.81. The van der Waals surface area contributed by atoms with Gasteiger partial charge in [0.15, 0.2) is 0 Å². The average molecular weight is 591 g/mol. The molecule has 6 aromatic carbocycles. The zero-order valence-electron chi connectivity index (χ0n) is 23.0. The number of benzene rings is 6. The fourth-order valence-corrected chi connectivity index (χ4v) is 7.36. The quantitative estimate of drug-likeness (QED) is 0.193. The van der Waals surface area contributed by atoms with Crippen LogP contribution in [0.15, 0.2) is 138 Å². The van der Waals surface area contributed by atoms with Crippen molar-refractivity contribution in [2.75, 3.05) is 0 Å². The summed E-state index contributed by atoms with van der Waals surface area (Å²) >= 11 is 3.63. The smallest absolute Gasteiger partial charge is 0.0547 e. The molecule has 1 aliphatic rings. The van der Waals surface area contributed by atoms with Gasteiger partial charge in [-0.2, -0.15) is 0 Å². The topological polar surface area (TPSA) is 4.93 Å². The molecule has 0 amide bonds. The van der Waals surface area contributed by atoms with Gasteiger partial charge in [-0.15, -0.1) is 0 Å². The minimum Gasteiger partial charge on any atom is -0.309 e. The lowest BCUT2D eigenvalue weighted by Crippen LogP contribution is -2.18. The number of fused-ring (bicyclic) bond motifs is 6. The summed E-state index contributed by atoms with van der Waals surface area (Å²) in [6, 6.07) is 48.9. The standard InChI is InChI=1S/C39H28BrN/c1-39(2)34-17-5-3-14-30(34)33-16-9-19-36(38(33)39)41-35-18-6-4-15-31(35)32-21-20-28(24-37(32)41)26-11-7-10-25(22-26)27-12-8-13-29(40)23-27/h3-24H,1-2H3. The summed E-state index contributed by atoms with van der Waals surface area (Å²) in [6.45, 7) is 4.74. The summed E-state index contributed by atoms with van der Waals surface area (Å²) in [6.07, 6.45) is 0. The Bertz CT molecular complexity index is 2150. The van der Waals surface area contributed by atoms with Gasteiger partial charge in [0.1, 0.15) is 0 Å². The summed E-state index contributed by atoms with van der Waals surface area (Å²) in [4.78, 5) is 0. The molecule has 1 heterocycles. The molecule has 0 unspecified atom stereocenters. The Balaban J connectivity index is 1.38. The van der Waals surface area contributed by atoms with Crippen LogP contribution in [0, 0.1) is 0 Å². The van der Waals surface area contributed by atoms with Crippen LogP contribution in [-0.2, 0) is 5.41 Å². The maximum Gasteiger partial charge on any atom is 0.0547 e. The van der Waals surface area contributed by atoms with Gasteiger partial charge in [-0.25, -0.2) is 0 Å². The maximum atomic E-state index is 3.63. The van der Waals surface area contributed by atoms with E-state index < -0.39 is 0 Å². The van der Waals surface area contributed by atoms with E-state index in [1.165, 1.54) is 72.0 Å². The van der Waals surface area contributed by atoms with Crippen molar-refractivity contribution >= 4 is 37.7 Å². The maximum absolute atomic E-state index is 3.63. The molecule has 0 spiro atoms.